The van der Waals surface area contributed by atoms with Crippen molar-refractivity contribution in [2.45, 2.75) is 122 Å². The minimum absolute atomic E-state index is 0.0277. The van der Waals surface area contributed by atoms with E-state index in [0.29, 0.717) is 55.2 Å². The van der Waals surface area contributed by atoms with Crippen LogP contribution in [0.4, 0.5) is 11.4 Å². The first-order valence-electron chi connectivity index (χ1n) is 20.0. The zero-order chi connectivity index (χ0) is 39.7. The van der Waals surface area contributed by atoms with Gasteiger partial charge in [-0.25, -0.2) is 4.63 Å². The molecule has 2 aromatic rings. The van der Waals surface area contributed by atoms with Crippen molar-refractivity contribution in [3.63, 3.8) is 0 Å². The summed E-state index contributed by atoms with van der Waals surface area (Å²) in [5.74, 6) is 0.730. The smallest absolute Gasteiger partial charge is 0.300 e. The SMILES string of the molecule is C[C@H](CCC(=O)NC(CCCCNc1ccc([N+](=O)[O-])c2nonc12)C(=O)NCCS(=O)(=O)O)[C@H]1CCC2C3C(CC[C@@]21C)[C@@]1(C)CC[C@@H](O)CC1C[C@@H]3O. The highest BCUT2D eigenvalue weighted by Gasteiger charge is 2.62. The lowest BCUT2D eigenvalue weighted by atomic mass is 9.43. The van der Waals surface area contributed by atoms with Crippen LogP contribution in [0.15, 0.2) is 16.8 Å². The number of nitro groups is 1. The number of fused-ring (bicyclic) bond motifs is 6. The second-order valence-electron chi connectivity index (χ2n) is 17.4. The molecule has 17 heteroatoms. The predicted octanol–water partition coefficient (Wildman–Crippen LogP) is 4.61. The number of aliphatic hydroxyl groups is 2. The number of benzene rings is 1. The van der Waals surface area contributed by atoms with Crippen LogP contribution in [0, 0.1) is 56.5 Å². The average Bonchev–Trinajstić information content (AvgIpc) is 3.75. The Hall–Kier alpha value is -3.41. The number of amides is 2. The van der Waals surface area contributed by atoms with Gasteiger partial charge in [0, 0.05) is 25.6 Å². The molecule has 0 radical (unpaired) electrons. The number of nitrogens with zero attached hydrogens (tertiary/aromatic N) is 3. The van der Waals surface area contributed by atoms with Crippen LogP contribution in [0.3, 0.4) is 0 Å². The number of hydrogen-bond acceptors (Lipinski definition) is 12. The molecule has 4 fully saturated rings. The minimum atomic E-state index is -4.29. The topological polar surface area (TPSA) is 247 Å². The lowest BCUT2D eigenvalue weighted by Crippen LogP contribution is -2.58. The van der Waals surface area contributed by atoms with E-state index in [0.717, 1.165) is 51.4 Å². The third-order valence-electron chi connectivity index (χ3n) is 14.4. The fourth-order valence-electron chi connectivity index (χ4n) is 11.5. The molecule has 0 aliphatic heterocycles. The van der Waals surface area contributed by atoms with Gasteiger partial charge in [-0.2, -0.15) is 8.42 Å². The number of aliphatic hydroxyl groups excluding tert-OH is 2. The van der Waals surface area contributed by atoms with Crippen molar-refractivity contribution in [2.24, 2.45) is 46.3 Å². The van der Waals surface area contributed by atoms with Gasteiger partial charge in [0.2, 0.25) is 17.3 Å². The lowest BCUT2D eigenvalue weighted by molar-refractivity contribution is -0.383. The van der Waals surface area contributed by atoms with E-state index in [1.165, 1.54) is 12.1 Å². The summed E-state index contributed by atoms with van der Waals surface area (Å²) in [6.45, 7) is 7.16. The largest absolute Gasteiger partial charge is 0.393 e. The minimum Gasteiger partial charge on any atom is -0.393 e. The monoisotopic (exact) mass is 790 g/mol. The van der Waals surface area contributed by atoms with Gasteiger partial charge in [0.05, 0.1) is 28.6 Å². The Kier molecular flexibility index (Phi) is 12.4. The third kappa shape index (κ3) is 8.79. The molecule has 4 aliphatic carbocycles. The van der Waals surface area contributed by atoms with Crippen LogP contribution in [0.2, 0.25) is 0 Å². The summed E-state index contributed by atoms with van der Waals surface area (Å²) in [4.78, 5) is 37.2. The number of carbonyl (C=O) groups excluding carboxylic acids is 2. The van der Waals surface area contributed by atoms with Crippen molar-refractivity contribution in [2.75, 3.05) is 24.2 Å². The van der Waals surface area contributed by atoms with Crippen LogP contribution in [0.1, 0.15) is 104 Å². The molecular weight excluding hydrogens is 733 g/mol. The number of anilines is 1. The molecule has 6 N–H and O–H groups in total. The first-order valence-corrected chi connectivity index (χ1v) is 21.6. The Morgan fingerprint density at radius 3 is 2.47 bits per heavy atom. The van der Waals surface area contributed by atoms with Gasteiger partial charge in [-0.1, -0.05) is 20.8 Å². The van der Waals surface area contributed by atoms with Crippen LogP contribution < -0.4 is 16.0 Å². The highest BCUT2D eigenvalue weighted by atomic mass is 32.2. The highest BCUT2D eigenvalue weighted by molar-refractivity contribution is 7.85. The molecule has 4 aliphatic rings. The molecule has 0 spiro atoms. The predicted molar refractivity (Wildman–Crippen MR) is 203 cm³/mol. The number of aromatic nitrogens is 2. The molecule has 1 aromatic heterocycles. The number of carbonyl (C=O) groups is 2. The summed E-state index contributed by atoms with van der Waals surface area (Å²) in [6, 6.07) is 1.91. The van der Waals surface area contributed by atoms with Crippen LogP contribution in [0.5, 0.6) is 0 Å². The van der Waals surface area contributed by atoms with E-state index in [9.17, 15) is 38.3 Å². The maximum Gasteiger partial charge on any atom is 0.300 e. The van der Waals surface area contributed by atoms with Crippen LogP contribution in [-0.4, -0.2) is 87.3 Å². The van der Waals surface area contributed by atoms with Crippen molar-refractivity contribution >= 4 is 44.3 Å². The third-order valence-corrected chi connectivity index (χ3v) is 15.1. The van der Waals surface area contributed by atoms with Crippen molar-refractivity contribution in [3.05, 3.63) is 22.2 Å². The summed E-state index contributed by atoms with van der Waals surface area (Å²) >= 11 is 0. The van der Waals surface area contributed by atoms with E-state index in [2.05, 4.69) is 47.0 Å². The standard InChI is InChI=1S/C38H58N6O10S/c1-22(25-8-9-26-33-27(14-16-38(25,26)3)37(2)15-13-24(45)20-23(37)21-31(33)46)7-12-32(47)41-29(36(48)40-18-19-55(51,52)53)6-4-5-17-39-28-10-11-30(44(49)50)35-34(28)42-54-43-35/h10-11,22-27,29,31,33,39,45-46H,4-9,12-21H2,1-3H3,(H,40,48)(H,41,47)(H,51,52,53)/t22-,23?,24-,25-,26?,27?,29?,31+,33?,37+,38-/m1/s1. The van der Waals surface area contributed by atoms with E-state index in [4.69, 9.17) is 9.18 Å². The van der Waals surface area contributed by atoms with E-state index in [1.54, 1.807) is 0 Å². The molecule has 0 bridgehead atoms. The molecule has 2 amide bonds. The van der Waals surface area contributed by atoms with Crippen molar-refractivity contribution in [3.8, 4) is 0 Å². The van der Waals surface area contributed by atoms with Crippen molar-refractivity contribution in [1.82, 2.24) is 20.9 Å². The molecule has 16 nitrogen and oxygen atoms in total. The van der Waals surface area contributed by atoms with Crippen molar-refractivity contribution in [1.29, 1.82) is 0 Å². The van der Waals surface area contributed by atoms with Gasteiger partial charge < -0.3 is 26.2 Å². The van der Waals surface area contributed by atoms with Gasteiger partial charge in [0.1, 0.15) is 6.04 Å². The molecule has 11 atom stereocenters. The average molecular weight is 791 g/mol. The number of non-ortho nitro benzene ring substituents is 1. The first kappa shape index (κ1) is 41.2. The summed E-state index contributed by atoms with van der Waals surface area (Å²) in [6.07, 6.45) is 9.35. The fraction of sp³-hybridized carbons (Fsp3) is 0.789. The highest BCUT2D eigenvalue weighted by Crippen LogP contribution is 2.68. The number of nitrogens with one attached hydrogen (secondary N) is 3. The Balaban J connectivity index is 1.02. The van der Waals surface area contributed by atoms with Gasteiger partial charge >= 0.3 is 5.69 Å². The molecule has 6 rings (SSSR count). The zero-order valence-corrected chi connectivity index (χ0v) is 32.9. The number of rotatable bonds is 16. The number of nitro benzene ring substituents is 1. The Morgan fingerprint density at radius 1 is 1.00 bits per heavy atom. The Morgan fingerprint density at radius 2 is 1.73 bits per heavy atom. The maximum atomic E-state index is 13.4. The molecule has 1 heterocycles. The summed E-state index contributed by atoms with van der Waals surface area (Å²) in [5.41, 5.74) is 0.761. The Bertz CT molecular complexity index is 1830. The summed E-state index contributed by atoms with van der Waals surface area (Å²) < 4.78 is 36.3. The van der Waals surface area contributed by atoms with Gasteiger partial charge in [-0.05, 0) is 140 Å². The second-order valence-corrected chi connectivity index (χ2v) is 19.0. The summed E-state index contributed by atoms with van der Waals surface area (Å²) in [7, 11) is -4.29. The van der Waals surface area contributed by atoms with Crippen LogP contribution >= 0.6 is 0 Å². The molecule has 5 unspecified atom stereocenters. The van der Waals surface area contributed by atoms with Crippen LogP contribution in [0.25, 0.3) is 11.0 Å². The summed E-state index contributed by atoms with van der Waals surface area (Å²) in [5, 5.41) is 49.2. The number of hydrogen-bond donors (Lipinski definition) is 6. The first-order chi connectivity index (χ1) is 26.0. The quantitative estimate of drug-likeness (QED) is 0.0589. The number of unbranched alkanes of at least 4 members (excludes halogenated alkanes) is 1. The molecule has 4 saturated carbocycles. The van der Waals surface area contributed by atoms with Gasteiger partial charge in [-0.15, -0.1) is 0 Å². The zero-order valence-electron chi connectivity index (χ0n) is 32.1. The molecule has 306 valence electrons. The molecular formula is C38H58N6O10S. The molecule has 0 saturated heterocycles. The van der Waals surface area contributed by atoms with E-state index in [-0.39, 0.29) is 76.9 Å². The fourth-order valence-corrected chi connectivity index (χ4v) is 11.9. The van der Waals surface area contributed by atoms with E-state index >= 15 is 0 Å². The van der Waals surface area contributed by atoms with E-state index < -0.39 is 32.7 Å². The van der Waals surface area contributed by atoms with Gasteiger partial charge in [0.25, 0.3) is 10.1 Å². The second kappa shape index (κ2) is 16.6. The normalized spacial score (nSPS) is 32.8. The van der Waals surface area contributed by atoms with Crippen LogP contribution in [-0.2, 0) is 19.7 Å². The van der Waals surface area contributed by atoms with E-state index in [1.807, 2.05) is 0 Å². The van der Waals surface area contributed by atoms with Gasteiger partial charge in [0.15, 0.2) is 5.52 Å². The molecule has 1 aromatic carbocycles. The van der Waals surface area contributed by atoms with Crippen molar-refractivity contribution < 1.29 is 42.3 Å². The molecule has 55 heavy (non-hydrogen) atoms. The lowest BCUT2D eigenvalue weighted by Gasteiger charge is -2.62. The van der Waals surface area contributed by atoms with Gasteiger partial charge in [-0.3, -0.25) is 24.3 Å². The maximum absolute atomic E-state index is 13.4. The Labute approximate surface area is 322 Å².